The lowest BCUT2D eigenvalue weighted by Crippen LogP contribution is -2.08. The zero-order chi connectivity index (χ0) is 9.42. The molecular formula is C9H9ClN3+. The van der Waals surface area contributed by atoms with Crippen LogP contribution in [-0.2, 0) is 0 Å². The maximum atomic E-state index is 5.83. The van der Waals surface area contributed by atoms with Gasteiger partial charge in [-0.05, 0) is 12.1 Å². The van der Waals surface area contributed by atoms with Crippen LogP contribution in [0.5, 0.6) is 0 Å². The van der Waals surface area contributed by atoms with Gasteiger partial charge in [0.05, 0.1) is 11.1 Å². The molecule has 0 spiro atoms. The topological polar surface area (TPSA) is 66.2 Å². The molecule has 1 aromatic carbocycles. The molecule has 0 aliphatic carbocycles. The molecule has 1 heterocycles. The van der Waals surface area contributed by atoms with Crippen LogP contribution in [0.1, 0.15) is 0 Å². The molecule has 1 aromatic heterocycles. The third kappa shape index (κ3) is 1.27. The first-order valence-corrected chi connectivity index (χ1v) is 4.21. The number of H-pyrrole nitrogens is 1. The number of hydrogen-bond donors (Lipinski definition) is 2. The highest BCUT2D eigenvalue weighted by Crippen LogP contribution is 2.24. The number of halogens is 1. The summed E-state index contributed by atoms with van der Waals surface area (Å²) in [5.74, 6) is 0. The number of aromatic amines is 1. The lowest BCUT2D eigenvalue weighted by Gasteiger charge is -1.99. The molecule has 0 amide bonds. The second-order valence-electron chi connectivity index (χ2n) is 2.85. The number of rotatable bonds is 0. The van der Waals surface area contributed by atoms with E-state index in [0.717, 1.165) is 10.9 Å². The van der Waals surface area contributed by atoms with Crippen LogP contribution in [0.25, 0.3) is 10.9 Å². The molecule has 0 fully saturated rings. The van der Waals surface area contributed by atoms with Crippen molar-refractivity contribution >= 4 is 33.9 Å². The van der Waals surface area contributed by atoms with Crippen LogP contribution in [0.15, 0.2) is 24.4 Å². The lowest BCUT2D eigenvalue weighted by atomic mass is 10.2. The molecule has 0 atom stereocenters. The Bertz CT molecular complexity index is 462. The molecule has 5 N–H and O–H groups in total. The Balaban J connectivity index is 2.89. The molecule has 4 heteroatoms. The normalized spacial score (nSPS) is 10.5. The van der Waals surface area contributed by atoms with Gasteiger partial charge in [-0.2, -0.15) is 0 Å². The Kier molecular flexibility index (Phi) is 1.74. The van der Waals surface area contributed by atoms with Crippen LogP contribution in [-0.4, -0.2) is 0 Å². The number of aromatic nitrogens is 1. The Morgan fingerprint density at radius 1 is 1.23 bits per heavy atom. The SMILES string of the molecule is Nc1c[nH+]c2ccc(Cl)cc2c1N. The maximum Gasteiger partial charge on any atom is 0.213 e. The van der Waals surface area contributed by atoms with E-state index in [1.54, 1.807) is 18.3 Å². The predicted molar refractivity (Wildman–Crippen MR) is 54.3 cm³/mol. The summed E-state index contributed by atoms with van der Waals surface area (Å²) >= 11 is 5.83. The van der Waals surface area contributed by atoms with Gasteiger partial charge in [0.2, 0.25) is 5.52 Å². The third-order valence-corrected chi connectivity index (χ3v) is 2.20. The maximum absolute atomic E-state index is 5.83. The average molecular weight is 195 g/mol. The van der Waals surface area contributed by atoms with Gasteiger partial charge < -0.3 is 11.5 Å². The summed E-state index contributed by atoms with van der Waals surface area (Å²) in [6.07, 6.45) is 1.67. The highest BCUT2D eigenvalue weighted by Gasteiger charge is 2.07. The minimum atomic E-state index is 0.537. The van der Waals surface area contributed by atoms with Crippen molar-refractivity contribution in [2.75, 3.05) is 11.5 Å². The summed E-state index contributed by atoms with van der Waals surface area (Å²) in [6, 6.07) is 5.46. The summed E-state index contributed by atoms with van der Waals surface area (Å²) < 4.78 is 0. The van der Waals surface area contributed by atoms with E-state index in [2.05, 4.69) is 4.98 Å². The van der Waals surface area contributed by atoms with Crippen molar-refractivity contribution in [3.63, 3.8) is 0 Å². The van der Waals surface area contributed by atoms with Crippen molar-refractivity contribution in [2.24, 2.45) is 0 Å². The van der Waals surface area contributed by atoms with Crippen molar-refractivity contribution in [1.29, 1.82) is 0 Å². The molecule has 0 bridgehead atoms. The molecule has 2 rings (SSSR count). The van der Waals surface area contributed by atoms with E-state index in [1.165, 1.54) is 0 Å². The lowest BCUT2D eigenvalue weighted by molar-refractivity contribution is -0.343. The van der Waals surface area contributed by atoms with Crippen LogP contribution < -0.4 is 16.5 Å². The minimum Gasteiger partial charge on any atom is -0.396 e. The van der Waals surface area contributed by atoms with Gasteiger partial charge in [0.15, 0.2) is 6.20 Å². The number of benzene rings is 1. The number of hydrogen-bond acceptors (Lipinski definition) is 2. The molecule has 0 unspecified atom stereocenters. The third-order valence-electron chi connectivity index (χ3n) is 1.97. The average Bonchev–Trinajstić information content (AvgIpc) is 2.12. The molecule has 0 aliphatic rings. The van der Waals surface area contributed by atoms with Crippen LogP contribution in [0.2, 0.25) is 5.02 Å². The molecule has 13 heavy (non-hydrogen) atoms. The second-order valence-corrected chi connectivity index (χ2v) is 3.28. The number of nitrogens with two attached hydrogens (primary N) is 2. The predicted octanol–water partition coefficient (Wildman–Crippen LogP) is 1.47. The fourth-order valence-electron chi connectivity index (χ4n) is 1.25. The number of fused-ring (bicyclic) bond motifs is 1. The number of nitrogens with one attached hydrogen (secondary N) is 1. The van der Waals surface area contributed by atoms with Gasteiger partial charge in [-0.3, -0.25) is 0 Å². The highest BCUT2D eigenvalue weighted by molar-refractivity contribution is 6.31. The van der Waals surface area contributed by atoms with E-state index in [0.29, 0.717) is 16.4 Å². The van der Waals surface area contributed by atoms with Crippen LogP contribution in [0.3, 0.4) is 0 Å². The Labute approximate surface area is 80.3 Å². The van der Waals surface area contributed by atoms with E-state index >= 15 is 0 Å². The van der Waals surface area contributed by atoms with Crippen LogP contribution in [0, 0.1) is 0 Å². The van der Waals surface area contributed by atoms with Gasteiger partial charge in [-0.25, -0.2) is 4.98 Å². The van der Waals surface area contributed by atoms with Gasteiger partial charge >= 0.3 is 0 Å². The Morgan fingerprint density at radius 2 is 2.00 bits per heavy atom. The highest BCUT2D eigenvalue weighted by atomic mass is 35.5. The van der Waals surface area contributed by atoms with Gasteiger partial charge in [0.25, 0.3) is 0 Å². The summed E-state index contributed by atoms with van der Waals surface area (Å²) in [5, 5.41) is 1.51. The number of pyridine rings is 1. The van der Waals surface area contributed by atoms with Crippen molar-refractivity contribution in [1.82, 2.24) is 0 Å². The summed E-state index contributed by atoms with van der Waals surface area (Å²) in [5.41, 5.74) is 13.4. The molecule has 0 radical (unpaired) electrons. The Hall–Kier alpha value is -1.48. The van der Waals surface area contributed by atoms with Gasteiger partial charge in [-0.1, -0.05) is 11.6 Å². The minimum absolute atomic E-state index is 0.537. The first-order chi connectivity index (χ1) is 6.18. The number of anilines is 2. The van der Waals surface area contributed by atoms with Gasteiger partial charge in [-0.15, -0.1) is 0 Å². The summed E-state index contributed by atoms with van der Waals surface area (Å²) in [6.45, 7) is 0. The molecule has 2 aromatic rings. The zero-order valence-corrected chi connectivity index (χ0v) is 7.60. The second kappa shape index (κ2) is 2.78. The summed E-state index contributed by atoms with van der Waals surface area (Å²) in [4.78, 5) is 3.02. The molecule has 0 aliphatic heterocycles. The van der Waals surface area contributed by atoms with Crippen molar-refractivity contribution < 1.29 is 4.98 Å². The zero-order valence-electron chi connectivity index (χ0n) is 6.84. The Morgan fingerprint density at radius 3 is 2.77 bits per heavy atom. The fourth-order valence-corrected chi connectivity index (χ4v) is 1.43. The molecule has 66 valence electrons. The summed E-state index contributed by atoms with van der Waals surface area (Å²) in [7, 11) is 0. The van der Waals surface area contributed by atoms with Crippen LogP contribution >= 0.6 is 11.6 Å². The fraction of sp³-hybridized carbons (Fsp3) is 0. The molecule has 3 nitrogen and oxygen atoms in total. The number of nitrogen functional groups attached to an aromatic ring is 2. The van der Waals surface area contributed by atoms with Crippen molar-refractivity contribution in [3.8, 4) is 0 Å². The monoisotopic (exact) mass is 194 g/mol. The van der Waals surface area contributed by atoms with E-state index in [9.17, 15) is 0 Å². The smallest absolute Gasteiger partial charge is 0.213 e. The van der Waals surface area contributed by atoms with Gasteiger partial charge in [0, 0.05) is 11.1 Å². The van der Waals surface area contributed by atoms with E-state index in [4.69, 9.17) is 23.1 Å². The first-order valence-electron chi connectivity index (χ1n) is 3.83. The molecular weight excluding hydrogens is 186 g/mol. The first kappa shape index (κ1) is 8.13. The molecule has 0 saturated heterocycles. The van der Waals surface area contributed by atoms with Crippen LogP contribution in [0.4, 0.5) is 11.4 Å². The molecule has 0 saturated carbocycles. The van der Waals surface area contributed by atoms with Crippen molar-refractivity contribution in [2.45, 2.75) is 0 Å². The van der Waals surface area contributed by atoms with Gasteiger partial charge in [0.1, 0.15) is 5.69 Å². The van der Waals surface area contributed by atoms with E-state index in [-0.39, 0.29) is 0 Å². The quantitative estimate of drug-likeness (QED) is 0.667. The largest absolute Gasteiger partial charge is 0.396 e. The van der Waals surface area contributed by atoms with Crippen molar-refractivity contribution in [3.05, 3.63) is 29.4 Å². The standard InChI is InChI=1S/C9H8ClN3/c10-5-1-2-8-6(3-5)9(12)7(11)4-13-8/h1-4H,11H2,(H2,12,13)/p+1. The van der Waals surface area contributed by atoms with E-state index < -0.39 is 0 Å². The van der Waals surface area contributed by atoms with E-state index in [1.807, 2.05) is 6.07 Å².